The highest BCUT2D eigenvalue weighted by Crippen LogP contribution is 2.27. The van der Waals surface area contributed by atoms with E-state index in [1.54, 1.807) is 37.5 Å². The number of piperidine rings is 1. The molecule has 8 heteroatoms. The molecule has 138 valence electrons. The molecular weight excluding hydrogens is 330 g/mol. The van der Waals surface area contributed by atoms with E-state index in [4.69, 9.17) is 0 Å². The number of hydrogen-bond acceptors (Lipinski definition) is 7. The molecule has 1 unspecified atom stereocenters. The van der Waals surface area contributed by atoms with Gasteiger partial charge >= 0.3 is 0 Å². The van der Waals surface area contributed by atoms with E-state index in [0.717, 1.165) is 31.6 Å². The van der Waals surface area contributed by atoms with Crippen LogP contribution in [0.25, 0.3) is 0 Å². The van der Waals surface area contributed by atoms with Crippen LogP contribution in [-0.4, -0.2) is 69.4 Å². The molecule has 3 rings (SSSR count). The van der Waals surface area contributed by atoms with Gasteiger partial charge in [0.2, 0.25) is 11.9 Å². The molecule has 0 bridgehead atoms. The Kier molecular flexibility index (Phi) is 5.72. The van der Waals surface area contributed by atoms with Crippen LogP contribution >= 0.6 is 0 Å². The largest absolute Gasteiger partial charge is 0.348 e. The van der Waals surface area contributed by atoms with Crippen LogP contribution in [0.4, 0.5) is 11.8 Å². The van der Waals surface area contributed by atoms with Crippen LogP contribution in [0.3, 0.4) is 0 Å². The molecule has 1 atom stereocenters. The number of carbonyl (C=O) groups excluding carboxylic acids is 1. The maximum Gasteiger partial charge on any atom is 0.236 e. The fourth-order valence-corrected chi connectivity index (χ4v) is 3.12. The number of likely N-dealkylation sites (tertiary alicyclic amines) is 1. The van der Waals surface area contributed by atoms with Gasteiger partial charge in [0.25, 0.3) is 0 Å². The van der Waals surface area contributed by atoms with Gasteiger partial charge in [-0.1, -0.05) is 0 Å². The first-order valence-electron chi connectivity index (χ1n) is 8.83. The van der Waals surface area contributed by atoms with E-state index < -0.39 is 0 Å². The van der Waals surface area contributed by atoms with Crippen LogP contribution in [0, 0.1) is 6.92 Å². The summed E-state index contributed by atoms with van der Waals surface area (Å²) in [4.78, 5) is 33.3. The standard InChI is InChI=1S/C18H25N7O/c1-13-21-15(10-16(22-13)23-18-19-7-5-8-20-18)14-6-4-9-25(11-14)12-17(26)24(2)3/h5,7-8,10,14H,4,6,9,11-12H2,1-3H3,(H,19,20,21,22,23). The fraction of sp³-hybridized carbons (Fsp3) is 0.500. The average Bonchev–Trinajstić information content (AvgIpc) is 2.62. The van der Waals surface area contributed by atoms with Gasteiger partial charge in [-0.3, -0.25) is 9.69 Å². The number of rotatable bonds is 5. The summed E-state index contributed by atoms with van der Waals surface area (Å²) in [7, 11) is 3.59. The number of nitrogens with one attached hydrogen (secondary N) is 1. The second-order valence-corrected chi connectivity index (χ2v) is 6.79. The molecule has 8 nitrogen and oxygen atoms in total. The number of carbonyl (C=O) groups is 1. The number of aromatic nitrogens is 4. The Morgan fingerprint density at radius 1 is 1.31 bits per heavy atom. The summed E-state index contributed by atoms with van der Waals surface area (Å²) in [6, 6.07) is 3.73. The number of likely N-dealkylation sites (N-methyl/N-ethyl adjacent to an activating group) is 1. The fourth-order valence-electron chi connectivity index (χ4n) is 3.12. The van der Waals surface area contributed by atoms with E-state index in [2.05, 4.69) is 30.2 Å². The summed E-state index contributed by atoms with van der Waals surface area (Å²) in [6.07, 6.45) is 5.49. The molecule has 0 radical (unpaired) electrons. The van der Waals surface area contributed by atoms with Crippen LogP contribution < -0.4 is 5.32 Å². The Bertz CT molecular complexity index is 750. The van der Waals surface area contributed by atoms with Crippen LogP contribution in [0.2, 0.25) is 0 Å². The molecule has 1 N–H and O–H groups in total. The first kappa shape index (κ1) is 18.2. The Morgan fingerprint density at radius 3 is 2.81 bits per heavy atom. The van der Waals surface area contributed by atoms with Crippen LogP contribution in [0.15, 0.2) is 24.5 Å². The quantitative estimate of drug-likeness (QED) is 0.871. The molecular formula is C18H25N7O. The molecule has 1 fully saturated rings. The van der Waals surface area contributed by atoms with Gasteiger partial charge in [-0.25, -0.2) is 19.9 Å². The van der Waals surface area contributed by atoms with E-state index in [1.807, 2.05) is 13.0 Å². The second kappa shape index (κ2) is 8.18. The lowest BCUT2D eigenvalue weighted by Crippen LogP contribution is -2.41. The van der Waals surface area contributed by atoms with Crippen molar-refractivity contribution in [2.24, 2.45) is 0 Å². The molecule has 3 heterocycles. The van der Waals surface area contributed by atoms with Crippen molar-refractivity contribution < 1.29 is 4.79 Å². The van der Waals surface area contributed by atoms with Gasteiger partial charge in [-0.2, -0.15) is 0 Å². The molecule has 0 aromatic carbocycles. The minimum absolute atomic E-state index is 0.133. The minimum atomic E-state index is 0.133. The molecule has 1 aliphatic rings. The van der Waals surface area contributed by atoms with E-state index in [9.17, 15) is 4.79 Å². The molecule has 2 aromatic heterocycles. The monoisotopic (exact) mass is 355 g/mol. The Hall–Kier alpha value is -2.61. The third kappa shape index (κ3) is 4.72. The van der Waals surface area contributed by atoms with Gasteiger partial charge in [0.05, 0.1) is 12.2 Å². The maximum absolute atomic E-state index is 12.0. The van der Waals surface area contributed by atoms with Crippen LogP contribution in [0.5, 0.6) is 0 Å². The molecule has 0 spiro atoms. The van der Waals surface area contributed by atoms with Crippen molar-refractivity contribution in [3.63, 3.8) is 0 Å². The topological polar surface area (TPSA) is 87.1 Å². The lowest BCUT2D eigenvalue weighted by atomic mass is 9.94. The van der Waals surface area contributed by atoms with Gasteiger partial charge in [-0.05, 0) is 32.4 Å². The number of hydrogen-bond donors (Lipinski definition) is 1. The second-order valence-electron chi connectivity index (χ2n) is 6.79. The van der Waals surface area contributed by atoms with Gasteiger partial charge in [-0.15, -0.1) is 0 Å². The van der Waals surface area contributed by atoms with Gasteiger partial charge in [0.15, 0.2) is 0 Å². The Labute approximate surface area is 153 Å². The van der Waals surface area contributed by atoms with Crippen LogP contribution in [0.1, 0.15) is 30.3 Å². The SMILES string of the molecule is Cc1nc(Nc2ncccn2)cc(C2CCCN(CC(=O)N(C)C)C2)n1. The van der Waals surface area contributed by atoms with Crippen molar-refractivity contribution in [1.29, 1.82) is 0 Å². The van der Waals surface area contributed by atoms with Crippen molar-refractivity contribution >= 4 is 17.7 Å². The number of aryl methyl sites for hydroxylation is 1. The summed E-state index contributed by atoms with van der Waals surface area (Å²) < 4.78 is 0. The molecule has 2 aromatic rings. The lowest BCUT2D eigenvalue weighted by molar-refractivity contribution is -0.130. The Morgan fingerprint density at radius 2 is 2.08 bits per heavy atom. The molecule has 1 amide bonds. The van der Waals surface area contributed by atoms with Crippen molar-refractivity contribution in [1.82, 2.24) is 29.7 Å². The lowest BCUT2D eigenvalue weighted by Gasteiger charge is -2.32. The van der Waals surface area contributed by atoms with Gasteiger partial charge in [0, 0.05) is 45.0 Å². The van der Waals surface area contributed by atoms with E-state index >= 15 is 0 Å². The average molecular weight is 355 g/mol. The number of amides is 1. The van der Waals surface area contributed by atoms with Crippen molar-refractivity contribution in [2.75, 3.05) is 39.0 Å². The van der Waals surface area contributed by atoms with E-state index in [0.29, 0.717) is 24.1 Å². The molecule has 1 saturated heterocycles. The predicted octanol–water partition coefficient (Wildman–Crippen LogP) is 1.59. The van der Waals surface area contributed by atoms with Crippen molar-refractivity contribution in [3.8, 4) is 0 Å². The predicted molar refractivity (Wildman–Crippen MR) is 99.2 cm³/mol. The first-order valence-corrected chi connectivity index (χ1v) is 8.83. The van der Waals surface area contributed by atoms with Gasteiger partial charge < -0.3 is 10.2 Å². The molecule has 0 aliphatic carbocycles. The molecule has 26 heavy (non-hydrogen) atoms. The van der Waals surface area contributed by atoms with E-state index in [-0.39, 0.29) is 11.8 Å². The normalized spacial score (nSPS) is 17.7. The third-order valence-electron chi connectivity index (χ3n) is 4.44. The molecule has 0 saturated carbocycles. The number of anilines is 2. The van der Waals surface area contributed by atoms with E-state index in [1.165, 1.54) is 0 Å². The summed E-state index contributed by atoms with van der Waals surface area (Å²) in [5, 5.41) is 3.13. The van der Waals surface area contributed by atoms with Crippen molar-refractivity contribution in [3.05, 3.63) is 36.0 Å². The number of nitrogens with zero attached hydrogens (tertiary/aromatic N) is 6. The minimum Gasteiger partial charge on any atom is -0.348 e. The summed E-state index contributed by atoms with van der Waals surface area (Å²) in [5.41, 5.74) is 0.998. The summed E-state index contributed by atoms with van der Waals surface area (Å²) in [6.45, 7) is 4.12. The zero-order valence-corrected chi connectivity index (χ0v) is 15.5. The highest BCUT2D eigenvalue weighted by molar-refractivity contribution is 5.77. The van der Waals surface area contributed by atoms with Gasteiger partial charge in [0.1, 0.15) is 11.6 Å². The molecule has 1 aliphatic heterocycles. The third-order valence-corrected chi connectivity index (χ3v) is 4.44. The summed E-state index contributed by atoms with van der Waals surface area (Å²) in [5.74, 6) is 2.34. The highest BCUT2D eigenvalue weighted by atomic mass is 16.2. The maximum atomic E-state index is 12.0. The smallest absolute Gasteiger partial charge is 0.236 e. The zero-order valence-electron chi connectivity index (χ0n) is 15.5. The summed E-state index contributed by atoms with van der Waals surface area (Å²) >= 11 is 0. The van der Waals surface area contributed by atoms with Crippen LogP contribution in [-0.2, 0) is 4.79 Å². The zero-order chi connectivity index (χ0) is 18.5. The first-order chi connectivity index (χ1) is 12.5. The van der Waals surface area contributed by atoms with Crippen molar-refractivity contribution in [2.45, 2.75) is 25.7 Å². The highest BCUT2D eigenvalue weighted by Gasteiger charge is 2.25. The Balaban J connectivity index is 1.72.